The largest absolute Gasteiger partial charge is 0.324 e. The number of carbonyl (C=O) groups excluding carboxylic acids is 1. The van der Waals surface area contributed by atoms with Crippen LogP contribution in [0, 0.1) is 13.8 Å². The second-order valence-corrected chi connectivity index (χ2v) is 10.7. The molecule has 1 aromatic heterocycles. The van der Waals surface area contributed by atoms with Crippen molar-refractivity contribution in [2.24, 2.45) is 0 Å². The van der Waals surface area contributed by atoms with Crippen molar-refractivity contribution in [2.75, 3.05) is 16.2 Å². The van der Waals surface area contributed by atoms with Crippen molar-refractivity contribution >= 4 is 60.5 Å². The van der Waals surface area contributed by atoms with Gasteiger partial charge in [0, 0.05) is 5.69 Å². The molecule has 4 rings (SSSR count). The number of aryl methyl sites for hydroxylation is 2. The lowest BCUT2D eigenvalue weighted by Crippen LogP contribution is -2.38. The molecule has 0 saturated heterocycles. The highest BCUT2D eigenvalue weighted by atomic mass is 35.5. The monoisotopic (exact) mass is 485 g/mol. The standard InChI is InChI=1S/C23H20ClN3O3S2/c1-15-8-10-19(24)21(12-15)27(32(29,30)18-6-4-3-5-7-18)14-23(28)26-17-9-11-22-20(13-17)25-16(2)31-22/h3-13H,14H2,1-2H3,(H,26,28). The number of hydrogen-bond acceptors (Lipinski definition) is 5. The Balaban J connectivity index is 1.68. The maximum absolute atomic E-state index is 13.4. The number of rotatable bonds is 6. The molecule has 0 unspecified atom stereocenters. The highest BCUT2D eigenvalue weighted by Gasteiger charge is 2.28. The van der Waals surface area contributed by atoms with E-state index < -0.39 is 22.5 Å². The van der Waals surface area contributed by atoms with Gasteiger partial charge >= 0.3 is 0 Å². The molecule has 0 aliphatic rings. The fourth-order valence-electron chi connectivity index (χ4n) is 3.28. The van der Waals surface area contributed by atoms with Crippen LogP contribution in [0.25, 0.3) is 10.2 Å². The van der Waals surface area contributed by atoms with Crippen molar-refractivity contribution in [3.05, 3.63) is 82.3 Å². The Kier molecular flexibility index (Phi) is 6.19. The van der Waals surface area contributed by atoms with Gasteiger partial charge in [-0.3, -0.25) is 9.10 Å². The van der Waals surface area contributed by atoms with Crippen molar-refractivity contribution in [1.29, 1.82) is 0 Å². The molecule has 9 heteroatoms. The van der Waals surface area contributed by atoms with E-state index in [-0.39, 0.29) is 15.6 Å². The first kappa shape index (κ1) is 22.3. The third-order valence-corrected chi connectivity index (χ3v) is 7.81. The highest BCUT2D eigenvalue weighted by Crippen LogP contribution is 2.31. The van der Waals surface area contributed by atoms with Gasteiger partial charge in [0.05, 0.1) is 30.8 Å². The van der Waals surface area contributed by atoms with Gasteiger partial charge in [0.1, 0.15) is 6.54 Å². The minimum Gasteiger partial charge on any atom is -0.324 e. The number of anilines is 2. The van der Waals surface area contributed by atoms with Gasteiger partial charge in [-0.05, 0) is 61.9 Å². The minimum absolute atomic E-state index is 0.0738. The van der Waals surface area contributed by atoms with E-state index in [2.05, 4.69) is 10.3 Å². The summed E-state index contributed by atoms with van der Waals surface area (Å²) >= 11 is 7.92. The zero-order chi connectivity index (χ0) is 22.9. The molecule has 0 saturated carbocycles. The van der Waals surface area contributed by atoms with Crippen LogP contribution in [0.4, 0.5) is 11.4 Å². The summed E-state index contributed by atoms with van der Waals surface area (Å²) in [5, 5.41) is 3.94. The molecule has 0 aliphatic carbocycles. The van der Waals surface area contributed by atoms with Gasteiger partial charge in [-0.15, -0.1) is 11.3 Å². The Bertz CT molecular complexity index is 1400. The molecular weight excluding hydrogens is 466 g/mol. The van der Waals surface area contributed by atoms with E-state index in [1.54, 1.807) is 59.9 Å². The number of thiazole rings is 1. The number of benzene rings is 3. The van der Waals surface area contributed by atoms with Crippen LogP contribution >= 0.6 is 22.9 Å². The van der Waals surface area contributed by atoms with Crippen molar-refractivity contribution in [1.82, 2.24) is 4.98 Å². The number of hydrogen-bond donors (Lipinski definition) is 1. The third-order valence-electron chi connectivity index (χ3n) is 4.77. The Labute approximate surface area is 195 Å². The molecule has 32 heavy (non-hydrogen) atoms. The van der Waals surface area contributed by atoms with Crippen molar-refractivity contribution in [3.63, 3.8) is 0 Å². The van der Waals surface area contributed by atoms with Crippen LogP contribution in [0.2, 0.25) is 5.02 Å². The van der Waals surface area contributed by atoms with Crippen LogP contribution in [0.5, 0.6) is 0 Å². The number of nitrogens with zero attached hydrogens (tertiary/aromatic N) is 2. The van der Waals surface area contributed by atoms with Crippen molar-refractivity contribution < 1.29 is 13.2 Å². The maximum atomic E-state index is 13.4. The lowest BCUT2D eigenvalue weighted by Gasteiger charge is -2.25. The summed E-state index contributed by atoms with van der Waals surface area (Å²) in [6.45, 7) is 3.31. The number of sulfonamides is 1. The number of aromatic nitrogens is 1. The van der Waals surface area contributed by atoms with Gasteiger partial charge in [0.2, 0.25) is 5.91 Å². The van der Waals surface area contributed by atoms with Crippen molar-refractivity contribution in [3.8, 4) is 0 Å². The summed E-state index contributed by atoms with van der Waals surface area (Å²) in [5.41, 5.74) is 2.39. The molecule has 0 bridgehead atoms. The Morgan fingerprint density at radius 2 is 1.81 bits per heavy atom. The lowest BCUT2D eigenvalue weighted by molar-refractivity contribution is -0.114. The Morgan fingerprint density at radius 3 is 2.56 bits per heavy atom. The second-order valence-electron chi connectivity index (χ2n) is 7.24. The van der Waals surface area contributed by atoms with E-state index in [1.807, 2.05) is 19.9 Å². The highest BCUT2D eigenvalue weighted by molar-refractivity contribution is 7.92. The van der Waals surface area contributed by atoms with Crippen LogP contribution in [-0.4, -0.2) is 25.9 Å². The van der Waals surface area contributed by atoms with Gasteiger partial charge in [-0.25, -0.2) is 13.4 Å². The average molecular weight is 486 g/mol. The van der Waals surface area contributed by atoms with Crippen molar-refractivity contribution in [2.45, 2.75) is 18.7 Å². The summed E-state index contributed by atoms with van der Waals surface area (Å²) in [7, 11) is -4.03. The van der Waals surface area contributed by atoms with Crippen LogP contribution < -0.4 is 9.62 Å². The van der Waals surface area contributed by atoms with E-state index in [0.717, 1.165) is 25.1 Å². The molecular formula is C23H20ClN3O3S2. The average Bonchev–Trinajstić information content (AvgIpc) is 3.13. The Hall–Kier alpha value is -2.94. The normalized spacial score (nSPS) is 11.5. The second kappa shape index (κ2) is 8.90. The first-order valence-corrected chi connectivity index (χ1v) is 12.4. The molecule has 3 aromatic carbocycles. The molecule has 0 aliphatic heterocycles. The molecule has 0 fully saturated rings. The molecule has 1 heterocycles. The molecule has 0 atom stereocenters. The van der Waals surface area contributed by atoms with Gasteiger partial charge in [-0.2, -0.15) is 0 Å². The summed E-state index contributed by atoms with van der Waals surface area (Å²) in [5.74, 6) is -0.492. The van der Waals surface area contributed by atoms with Crippen LogP contribution in [-0.2, 0) is 14.8 Å². The van der Waals surface area contributed by atoms with E-state index in [0.29, 0.717) is 5.69 Å². The van der Waals surface area contributed by atoms with Gasteiger partial charge in [-0.1, -0.05) is 35.9 Å². The summed E-state index contributed by atoms with van der Waals surface area (Å²) in [6.07, 6.45) is 0. The fraction of sp³-hybridized carbons (Fsp3) is 0.130. The van der Waals surface area contributed by atoms with E-state index in [4.69, 9.17) is 11.6 Å². The first-order chi connectivity index (χ1) is 15.2. The lowest BCUT2D eigenvalue weighted by atomic mass is 10.2. The molecule has 1 N–H and O–H groups in total. The topological polar surface area (TPSA) is 79.4 Å². The van der Waals surface area contributed by atoms with E-state index in [9.17, 15) is 13.2 Å². The summed E-state index contributed by atoms with van der Waals surface area (Å²) in [6, 6.07) is 18.4. The smallest absolute Gasteiger partial charge is 0.264 e. The molecule has 0 radical (unpaired) electrons. The number of nitrogens with one attached hydrogen (secondary N) is 1. The van der Waals surface area contributed by atoms with Gasteiger partial charge in [0.15, 0.2) is 0 Å². The molecule has 0 spiro atoms. The third kappa shape index (κ3) is 4.62. The van der Waals surface area contributed by atoms with Crippen LogP contribution in [0.1, 0.15) is 10.6 Å². The molecule has 6 nitrogen and oxygen atoms in total. The van der Waals surface area contributed by atoms with Crippen LogP contribution in [0.15, 0.2) is 71.6 Å². The van der Waals surface area contributed by atoms with Crippen LogP contribution in [0.3, 0.4) is 0 Å². The number of amides is 1. The fourth-order valence-corrected chi connectivity index (χ4v) is 5.81. The zero-order valence-corrected chi connectivity index (χ0v) is 19.8. The molecule has 164 valence electrons. The van der Waals surface area contributed by atoms with E-state index in [1.165, 1.54) is 12.1 Å². The SMILES string of the molecule is Cc1ccc(Cl)c(N(CC(=O)Nc2ccc3sc(C)nc3c2)S(=O)(=O)c2ccccc2)c1. The Morgan fingerprint density at radius 1 is 1.06 bits per heavy atom. The number of halogens is 1. The quantitative estimate of drug-likeness (QED) is 0.396. The zero-order valence-electron chi connectivity index (χ0n) is 17.4. The predicted octanol–water partition coefficient (Wildman–Crippen LogP) is 5.40. The summed E-state index contributed by atoms with van der Waals surface area (Å²) in [4.78, 5) is 17.4. The minimum atomic E-state index is -4.03. The summed E-state index contributed by atoms with van der Waals surface area (Å²) < 4.78 is 28.9. The number of fused-ring (bicyclic) bond motifs is 1. The molecule has 4 aromatic rings. The predicted molar refractivity (Wildman–Crippen MR) is 130 cm³/mol. The molecule has 1 amide bonds. The first-order valence-electron chi connectivity index (χ1n) is 9.75. The number of carbonyl (C=O) groups is 1. The maximum Gasteiger partial charge on any atom is 0.264 e. The van der Waals surface area contributed by atoms with Gasteiger partial charge < -0.3 is 5.32 Å². The van der Waals surface area contributed by atoms with E-state index >= 15 is 0 Å². The van der Waals surface area contributed by atoms with Gasteiger partial charge in [0.25, 0.3) is 10.0 Å².